The average Bonchev–Trinajstić information content (AvgIpc) is 2.65. The maximum absolute atomic E-state index is 6.00. The molecule has 26 heavy (non-hydrogen) atoms. The lowest BCUT2D eigenvalue weighted by molar-refractivity contribution is 0.414. The third-order valence-electron chi connectivity index (χ3n) is 4.00. The smallest absolute Gasteiger partial charge is 0.135 e. The summed E-state index contributed by atoms with van der Waals surface area (Å²) in [5, 5.41) is 7.34. The molecular weight excluding hydrogens is 348 g/mol. The van der Waals surface area contributed by atoms with Crippen LogP contribution in [0.3, 0.4) is 0 Å². The molecule has 2 aromatic carbocycles. The Morgan fingerprint density at radius 3 is 2.50 bits per heavy atom. The molecule has 2 N–H and O–H groups in total. The van der Waals surface area contributed by atoms with E-state index in [1.165, 1.54) is 5.56 Å². The molecule has 1 aromatic heterocycles. The Morgan fingerprint density at radius 2 is 1.77 bits per heavy atom. The summed E-state index contributed by atoms with van der Waals surface area (Å²) in [6.07, 6.45) is 2.44. The molecule has 3 rings (SSSR count). The maximum Gasteiger partial charge on any atom is 0.135 e. The Labute approximate surface area is 158 Å². The first-order valence-electron chi connectivity index (χ1n) is 8.36. The highest BCUT2D eigenvalue weighted by molar-refractivity contribution is 6.30. The van der Waals surface area contributed by atoms with Crippen molar-refractivity contribution in [1.29, 1.82) is 0 Å². The van der Waals surface area contributed by atoms with Gasteiger partial charge in [-0.05, 0) is 54.8 Å². The molecule has 3 aromatic rings. The van der Waals surface area contributed by atoms with E-state index in [4.69, 9.17) is 16.3 Å². The van der Waals surface area contributed by atoms with E-state index in [2.05, 4.69) is 32.7 Å². The van der Waals surface area contributed by atoms with Crippen LogP contribution >= 0.6 is 11.6 Å². The maximum atomic E-state index is 6.00. The van der Waals surface area contributed by atoms with Crippen molar-refractivity contribution >= 4 is 28.9 Å². The van der Waals surface area contributed by atoms with E-state index in [1.54, 1.807) is 13.4 Å². The number of nitrogens with zero attached hydrogens (tertiary/aromatic N) is 2. The molecule has 134 valence electrons. The molecule has 0 aliphatic carbocycles. The lowest BCUT2D eigenvalue weighted by Crippen LogP contribution is -2.07. The Balaban J connectivity index is 1.58. The molecule has 0 radical (unpaired) electrons. The molecule has 0 saturated carbocycles. The largest absolute Gasteiger partial charge is 0.497 e. The molecule has 1 heterocycles. The fourth-order valence-corrected chi connectivity index (χ4v) is 2.78. The molecule has 0 spiro atoms. The normalized spacial score (nSPS) is 10.4. The summed E-state index contributed by atoms with van der Waals surface area (Å²) >= 11 is 6.00. The van der Waals surface area contributed by atoms with Crippen molar-refractivity contribution < 1.29 is 4.74 Å². The van der Waals surface area contributed by atoms with Gasteiger partial charge in [-0.1, -0.05) is 23.7 Å². The first kappa shape index (κ1) is 18.0. The number of nitrogens with one attached hydrogen (secondary N) is 2. The first-order valence-corrected chi connectivity index (χ1v) is 8.74. The number of hydrogen-bond acceptors (Lipinski definition) is 5. The Bertz CT molecular complexity index is 868. The molecule has 0 aliphatic heterocycles. The van der Waals surface area contributed by atoms with Gasteiger partial charge in [-0.3, -0.25) is 0 Å². The van der Waals surface area contributed by atoms with Crippen molar-refractivity contribution in [2.45, 2.75) is 13.3 Å². The summed E-state index contributed by atoms with van der Waals surface area (Å²) in [5.74, 6) is 2.38. The lowest BCUT2D eigenvalue weighted by Gasteiger charge is -2.11. The molecule has 5 nitrogen and oxygen atoms in total. The van der Waals surface area contributed by atoms with E-state index >= 15 is 0 Å². The van der Waals surface area contributed by atoms with Gasteiger partial charge in [0.1, 0.15) is 23.7 Å². The third kappa shape index (κ3) is 4.86. The van der Waals surface area contributed by atoms with Crippen molar-refractivity contribution in [3.05, 3.63) is 71.0 Å². The van der Waals surface area contributed by atoms with E-state index in [0.717, 1.165) is 46.6 Å². The topological polar surface area (TPSA) is 59.1 Å². The highest BCUT2D eigenvalue weighted by Gasteiger charge is 2.03. The Morgan fingerprint density at radius 1 is 1.00 bits per heavy atom. The molecule has 0 amide bonds. The highest BCUT2D eigenvalue weighted by atomic mass is 35.5. The summed E-state index contributed by atoms with van der Waals surface area (Å²) in [6.45, 7) is 2.78. The van der Waals surface area contributed by atoms with Gasteiger partial charge < -0.3 is 15.4 Å². The van der Waals surface area contributed by atoms with Crippen molar-refractivity contribution in [3.8, 4) is 5.75 Å². The number of hydrogen-bond donors (Lipinski definition) is 2. The number of aryl methyl sites for hydroxylation is 1. The van der Waals surface area contributed by atoms with E-state index in [1.807, 2.05) is 43.3 Å². The van der Waals surface area contributed by atoms with E-state index < -0.39 is 0 Å². The Hall–Kier alpha value is -2.79. The minimum Gasteiger partial charge on any atom is -0.497 e. The van der Waals surface area contributed by atoms with Gasteiger partial charge in [0.2, 0.25) is 0 Å². The average molecular weight is 369 g/mol. The molecule has 0 unspecified atom stereocenters. The quantitative estimate of drug-likeness (QED) is 0.624. The van der Waals surface area contributed by atoms with Crippen molar-refractivity contribution in [1.82, 2.24) is 9.97 Å². The fraction of sp³-hybridized carbons (Fsp3) is 0.200. The number of methoxy groups -OCH3 is 1. The zero-order valence-electron chi connectivity index (χ0n) is 14.8. The molecule has 0 bridgehead atoms. The zero-order chi connectivity index (χ0) is 18.4. The molecule has 6 heteroatoms. The minimum absolute atomic E-state index is 0.719. The Kier molecular flexibility index (Phi) is 5.92. The van der Waals surface area contributed by atoms with Crippen LogP contribution in [-0.2, 0) is 6.42 Å². The second kappa shape index (κ2) is 8.54. The van der Waals surface area contributed by atoms with Gasteiger partial charge in [0, 0.05) is 23.3 Å². The number of anilines is 3. The van der Waals surface area contributed by atoms with E-state index in [-0.39, 0.29) is 0 Å². The predicted octanol–water partition coefficient (Wildman–Crippen LogP) is 4.85. The number of aromatic nitrogens is 2. The number of halogens is 1. The minimum atomic E-state index is 0.719. The van der Waals surface area contributed by atoms with Crippen LogP contribution < -0.4 is 15.4 Å². The van der Waals surface area contributed by atoms with Crippen LogP contribution in [0, 0.1) is 6.92 Å². The summed E-state index contributed by atoms with van der Waals surface area (Å²) in [4.78, 5) is 8.55. The fourth-order valence-electron chi connectivity index (χ4n) is 2.55. The second-order valence-corrected chi connectivity index (χ2v) is 6.33. The van der Waals surface area contributed by atoms with E-state index in [0.29, 0.717) is 0 Å². The van der Waals surface area contributed by atoms with E-state index in [9.17, 15) is 0 Å². The van der Waals surface area contributed by atoms with Crippen LogP contribution in [0.2, 0.25) is 5.02 Å². The van der Waals surface area contributed by atoms with Crippen LogP contribution in [0.25, 0.3) is 0 Å². The highest BCUT2D eigenvalue weighted by Crippen LogP contribution is 2.23. The summed E-state index contributed by atoms with van der Waals surface area (Å²) in [7, 11) is 1.67. The summed E-state index contributed by atoms with van der Waals surface area (Å²) in [5.41, 5.74) is 3.27. The van der Waals surface area contributed by atoms with Gasteiger partial charge in [0.15, 0.2) is 0 Å². The number of ether oxygens (including phenoxy) is 1. The summed E-state index contributed by atoms with van der Waals surface area (Å²) in [6, 6.07) is 15.7. The van der Waals surface area contributed by atoms with Gasteiger partial charge >= 0.3 is 0 Å². The molecule has 0 aliphatic rings. The van der Waals surface area contributed by atoms with Gasteiger partial charge in [-0.15, -0.1) is 0 Å². The summed E-state index contributed by atoms with van der Waals surface area (Å²) < 4.78 is 5.17. The standard InChI is InChI=1S/C20H21ClN4O/c1-14-11-16(21)5-8-18(14)25-20-12-19(23-13-24-20)22-10-9-15-3-6-17(26-2)7-4-15/h3-8,11-13H,9-10H2,1-2H3,(H2,22,23,24,25). The molecule has 0 fully saturated rings. The van der Waals surface area contributed by atoms with Gasteiger partial charge in [0.05, 0.1) is 7.11 Å². The molecular formula is C20H21ClN4O. The van der Waals surface area contributed by atoms with Crippen molar-refractivity contribution in [3.63, 3.8) is 0 Å². The lowest BCUT2D eigenvalue weighted by atomic mass is 10.1. The zero-order valence-corrected chi connectivity index (χ0v) is 15.5. The van der Waals surface area contributed by atoms with Crippen LogP contribution in [0.4, 0.5) is 17.3 Å². The van der Waals surface area contributed by atoms with Gasteiger partial charge in [-0.25, -0.2) is 9.97 Å². The predicted molar refractivity (Wildman–Crippen MR) is 107 cm³/mol. The molecule has 0 atom stereocenters. The van der Waals surface area contributed by atoms with Gasteiger partial charge in [-0.2, -0.15) is 0 Å². The third-order valence-corrected chi connectivity index (χ3v) is 4.23. The van der Waals surface area contributed by atoms with Gasteiger partial charge in [0.25, 0.3) is 0 Å². The SMILES string of the molecule is COc1ccc(CCNc2cc(Nc3ccc(Cl)cc3C)ncn2)cc1. The monoisotopic (exact) mass is 368 g/mol. The number of rotatable bonds is 7. The van der Waals surface area contributed by atoms with Crippen LogP contribution in [0.15, 0.2) is 54.9 Å². The first-order chi connectivity index (χ1) is 12.6. The van der Waals surface area contributed by atoms with Crippen LogP contribution in [0.5, 0.6) is 5.75 Å². The van der Waals surface area contributed by atoms with Crippen LogP contribution in [-0.4, -0.2) is 23.6 Å². The molecule has 0 saturated heterocycles. The van der Waals surface area contributed by atoms with Crippen molar-refractivity contribution in [2.75, 3.05) is 24.3 Å². The van der Waals surface area contributed by atoms with Crippen LogP contribution in [0.1, 0.15) is 11.1 Å². The second-order valence-electron chi connectivity index (χ2n) is 5.90. The van der Waals surface area contributed by atoms with Crippen molar-refractivity contribution in [2.24, 2.45) is 0 Å². The number of benzene rings is 2.